The maximum Gasteiger partial charge on any atom is 0.209 e. The normalized spacial score (nSPS) is 19.5. The average molecular weight is 252 g/mol. The lowest BCUT2D eigenvalue weighted by molar-refractivity contribution is -0.120. The molecule has 0 spiro atoms. The van der Waals surface area contributed by atoms with Crippen LogP contribution in [0.1, 0.15) is 18.9 Å². The molecular weight excluding hydrogens is 238 g/mol. The van der Waals surface area contributed by atoms with Crippen molar-refractivity contribution in [2.24, 2.45) is 0 Å². The van der Waals surface area contributed by atoms with Gasteiger partial charge in [-0.3, -0.25) is 4.79 Å². The van der Waals surface area contributed by atoms with Crippen LogP contribution < -0.4 is 5.32 Å². The molecule has 0 aromatic heterocycles. The summed E-state index contributed by atoms with van der Waals surface area (Å²) in [5, 5.41) is 3.53. The van der Waals surface area contributed by atoms with E-state index in [0.717, 1.165) is 5.56 Å². The molecule has 0 saturated carbocycles. The van der Waals surface area contributed by atoms with E-state index < -0.39 is 0 Å². The highest BCUT2D eigenvalue weighted by atomic mass is 35.5. The van der Waals surface area contributed by atoms with Gasteiger partial charge in [0.25, 0.3) is 0 Å². The van der Waals surface area contributed by atoms with Crippen LogP contribution in [0.3, 0.4) is 0 Å². The van der Waals surface area contributed by atoms with Crippen molar-refractivity contribution in [1.82, 2.24) is 5.32 Å². The van der Waals surface area contributed by atoms with Gasteiger partial charge in [0.2, 0.25) is 5.78 Å². The Morgan fingerprint density at radius 3 is 2.82 bits per heavy atom. The van der Waals surface area contributed by atoms with E-state index in [2.05, 4.69) is 5.32 Å². The number of carbonyl (C=O) groups excluding carboxylic acids is 1. The smallest absolute Gasteiger partial charge is 0.209 e. The van der Waals surface area contributed by atoms with E-state index >= 15 is 0 Å². The van der Waals surface area contributed by atoms with E-state index in [-0.39, 0.29) is 11.9 Å². The first-order chi connectivity index (χ1) is 8.17. The molecule has 1 atom stereocenters. The molecule has 0 amide bonds. The number of ether oxygens (including phenoxy) is 1. The monoisotopic (exact) mass is 251 g/mol. The summed E-state index contributed by atoms with van der Waals surface area (Å²) in [6.07, 6.45) is 0.278. The Bertz CT molecular complexity index is 482. The molecular formula is C13H14ClNO2. The summed E-state index contributed by atoms with van der Waals surface area (Å²) in [6, 6.07) is 7.23. The molecule has 0 fully saturated rings. The van der Waals surface area contributed by atoms with Crippen molar-refractivity contribution >= 4 is 23.0 Å². The summed E-state index contributed by atoms with van der Waals surface area (Å²) < 4.78 is 5.55. The molecule has 1 aromatic rings. The van der Waals surface area contributed by atoms with Crippen LogP contribution in [0.25, 0.3) is 5.57 Å². The van der Waals surface area contributed by atoms with E-state index in [4.69, 9.17) is 16.3 Å². The van der Waals surface area contributed by atoms with Gasteiger partial charge in [0.1, 0.15) is 0 Å². The molecule has 1 aromatic carbocycles. The molecule has 4 heteroatoms. The summed E-state index contributed by atoms with van der Waals surface area (Å²) in [5.74, 6) is 0.545. The minimum absolute atomic E-state index is 0.0131. The third-order valence-electron chi connectivity index (χ3n) is 2.74. The standard InChI is InChI=1S/C13H14ClNO2/c1-3-10-12(16)11(13(15-2)17-10)8-5-4-6-9(14)7-8/h4-7,10,15H,3H2,1-2H3. The Labute approximate surface area is 105 Å². The van der Waals surface area contributed by atoms with Gasteiger partial charge >= 0.3 is 0 Å². The molecule has 0 saturated heterocycles. The molecule has 0 aliphatic carbocycles. The lowest BCUT2D eigenvalue weighted by Crippen LogP contribution is -2.17. The van der Waals surface area contributed by atoms with E-state index in [9.17, 15) is 4.79 Å². The van der Waals surface area contributed by atoms with Crippen molar-refractivity contribution in [2.75, 3.05) is 7.05 Å². The maximum absolute atomic E-state index is 12.2. The first-order valence-corrected chi connectivity index (χ1v) is 5.94. The molecule has 90 valence electrons. The van der Waals surface area contributed by atoms with Crippen molar-refractivity contribution in [2.45, 2.75) is 19.4 Å². The Morgan fingerprint density at radius 2 is 2.24 bits per heavy atom. The van der Waals surface area contributed by atoms with Crippen LogP contribution in [0.2, 0.25) is 5.02 Å². The van der Waals surface area contributed by atoms with E-state index in [0.29, 0.717) is 22.9 Å². The van der Waals surface area contributed by atoms with Gasteiger partial charge in [-0.25, -0.2) is 0 Å². The van der Waals surface area contributed by atoms with E-state index in [1.54, 1.807) is 19.2 Å². The second-order valence-electron chi connectivity index (χ2n) is 3.84. The molecule has 17 heavy (non-hydrogen) atoms. The number of nitrogens with one attached hydrogen (secondary N) is 1. The number of hydrogen-bond acceptors (Lipinski definition) is 3. The zero-order chi connectivity index (χ0) is 12.4. The predicted molar refractivity (Wildman–Crippen MR) is 67.6 cm³/mol. The minimum Gasteiger partial charge on any atom is -0.467 e. The number of halogens is 1. The van der Waals surface area contributed by atoms with Gasteiger partial charge in [0.15, 0.2) is 12.0 Å². The third-order valence-corrected chi connectivity index (χ3v) is 2.97. The van der Waals surface area contributed by atoms with Gasteiger partial charge in [-0.15, -0.1) is 0 Å². The fourth-order valence-corrected chi connectivity index (χ4v) is 2.09. The van der Waals surface area contributed by atoms with E-state index in [1.165, 1.54) is 0 Å². The van der Waals surface area contributed by atoms with Crippen LogP contribution in [0.15, 0.2) is 30.1 Å². The van der Waals surface area contributed by atoms with Gasteiger partial charge in [-0.1, -0.05) is 30.7 Å². The van der Waals surface area contributed by atoms with Gasteiger partial charge in [-0.05, 0) is 24.1 Å². The Kier molecular flexibility index (Phi) is 3.38. The summed E-state index contributed by atoms with van der Waals surface area (Å²) in [5.41, 5.74) is 1.38. The number of benzene rings is 1. The van der Waals surface area contributed by atoms with Crippen molar-refractivity contribution in [3.8, 4) is 0 Å². The Balaban J connectivity index is 2.45. The molecule has 1 heterocycles. The summed E-state index contributed by atoms with van der Waals surface area (Å²) >= 11 is 5.94. The van der Waals surface area contributed by atoms with Crippen molar-refractivity contribution < 1.29 is 9.53 Å². The SMILES string of the molecule is CCC1OC(NC)=C(c2cccc(Cl)c2)C1=O. The molecule has 1 N–H and O–H groups in total. The zero-order valence-electron chi connectivity index (χ0n) is 9.79. The lowest BCUT2D eigenvalue weighted by atomic mass is 10.00. The van der Waals surface area contributed by atoms with Gasteiger partial charge in [-0.2, -0.15) is 0 Å². The van der Waals surface area contributed by atoms with Gasteiger partial charge < -0.3 is 10.1 Å². The molecule has 3 nitrogen and oxygen atoms in total. The number of hydrogen-bond donors (Lipinski definition) is 1. The van der Waals surface area contributed by atoms with Gasteiger partial charge in [0, 0.05) is 12.1 Å². The molecule has 1 unspecified atom stereocenters. The third kappa shape index (κ3) is 2.15. The van der Waals surface area contributed by atoms with Crippen LogP contribution in [0, 0.1) is 0 Å². The maximum atomic E-state index is 12.2. The van der Waals surface area contributed by atoms with Crippen LogP contribution in [-0.2, 0) is 9.53 Å². The minimum atomic E-state index is -0.383. The molecule has 1 aliphatic heterocycles. The van der Waals surface area contributed by atoms with Crippen molar-refractivity contribution in [3.05, 3.63) is 40.7 Å². The first-order valence-electron chi connectivity index (χ1n) is 5.56. The summed E-state index contributed by atoms with van der Waals surface area (Å²) in [4.78, 5) is 12.2. The zero-order valence-corrected chi connectivity index (χ0v) is 10.5. The van der Waals surface area contributed by atoms with E-state index in [1.807, 2.05) is 19.1 Å². The van der Waals surface area contributed by atoms with Crippen molar-refractivity contribution in [3.63, 3.8) is 0 Å². The van der Waals surface area contributed by atoms with Crippen LogP contribution in [0.4, 0.5) is 0 Å². The average Bonchev–Trinajstić information content (AvgIpc) is 2.65. The second kappa shape index (κ2) is 4.80. The molecule has 0 radical (unpaired) electrons. The Morgan fingerprint density at radius 1 is 1.47 bits per heavy atom. The van der Waals surface area contributed by atoms with Crippen LogP contribution in [0.5, 0.6) is 0 Å². The van der Waals surface area contributed by atoms with Crippen molar-refractivity contribution in [1.29, 1.82) is 0 Å². The molecule has 2 rings (SSSR count). The number of rotatable bonds is 3. The fourth-order valence-electron chi connectivity index (χ4n) is 1.90. The highest BCUT2D eigenvalue weighted by molar-refractivity contribution is 6.31. The molecule has 0 bridgehead atoms. The quantitative estimate of drug-likeness (QED) is 0.898. The van der Waals surface area contributed by atoms with Crippen LogP contribution >= 0.6 is 11.6 Å². The topological polar surface area (TPSA) is 38.3 Å². The predicted octanol–water partition coefficient (Wildman–Crippen LogP) is 2.61. The lowest BCUT2D eigenvalue weighted by Gasteiger charge is -2.07. The van der Waals surface area contributed by atoms with Crippen LogP contribution in [-0.4, -0.2) is 18.9 Å². The highest BCUT2D eigenvalue weighted by Gasteiger charge is 2.34. The largest absolute Gasteiger partial charge is 0.467 e. The molecule has 1 aliphatic rings. The number of ketones is 1. The first kappa shape index (κ1) is 12.0. The second-order valence-corrected chi connectivity index (χ2v) is 4.28. The number of Topliss-reactive ketones (excluding diaryl/α,β-unsaturated/α-hetero) is 1. The number of carbonyl (C=O) groups is 1. The summed E-state index contributed by atoms with van der Waals surface area (Å²) in [6.45, 7) is 1.93. The fraction of sp³-hybridized carbons (Fsp3) is 0.308. The van der Waals surface area contributed by atoms with Gasteiger partial charge in [0.05, 0.1) is 5.57 Å². The highest BCUT2D eigenvalue weighted by Crippen LogP contribution is 2.30. The summed E-state index contributed by atoms with van der Waals surface area (Å²) in [7, 11) is 1.74. The Hall–Kier alpha value is -1.48.